The fourth-order valence-electron chi connectivity index (χ4n) is 3.02. The normalized spacial score (nSPS) is 22.8. The number of carbonyl (C=O) groups excluding carboxylic acids is 1. The molecule has 3 N–H and O–H groups in total. The largest absolute Gasteiger partial charge is 0.444 e. The number of hydrogen-bond acceptors (Lipinski definition) is 3. The summed E-state index contributed by atoms with van der Waals surface area (Å²) >= 11 is 0. The summed E-state index contributed by atoms with van der Waals surface area (Å²) in [4.78, 5) is 12.1. The van der Waals surface area contributed by atoms with E-state index in [4.69, 9.17) is 10.5 Å². The third-order valence-corrected chi connectivity index (χ3v) is 4.01. The molecular weight excluding hydrogens is 290 g/mol. The second-order valence-corrected chi connectivity index (χ2v) is 8.53. The van der Waals surface area contributed by atoms with E-state index in [2.05, 4.69) is 5.32 Å². The highest BCUT2D eigenvalue weighted by Crippen LogP contribution is 2.42. The number of nitrogens with two attached hydrogens (primary N) is 1. The van der Waals surface area contributed by atoms with Gasteiger partial charge in [0.15, 0.2) is 0 Å². The van der Waals surface area contributed by atoms with Crippen molar-refractivity contribution in [2.24, 2.45) is 11.1 Å². The van der Waals surface area contributed by atoms with Crippen LogP contribution in [0.15, 0.2) is 0 Å². The predicted molar refractivity (Wildman–Crippen MR) is 82.9 cm³/mol. The Morgan fingerprint density at radius 1 is 1.09 bits per heavy atom. The minimum Gasteiger partial charge on any atom is -0.444 e. The number of alkyl halides is 2. The molecule has 0 spiro atoms. The number of hydrogen-bond donors (Lipinski definition) is 2. The van der Waals surface area contributed by atoms with Gasteiger partial charge in [-0.15, -0.1) is 0 Å². The molecule has 130 valence electrons. The van der Waals surface area contributed by atoms with Crippen molar-refractivity contribution < 1.29 is 18.3 Å². The van der Waals surface area contributed by atoms with Gasteiger partial charge in [0.05, 0.1) is 6.04 Å². The van der Waals surface area contributed by atoms with Gasteiger partial charge < -0.3 is 15.8 Å². The van der Waals surface area contributed by atoms with Crippen LogP contribution in [0.5, 0.6) is 0 Å². The molecule has 0 aromatic heterocycles. The molecule has 0 aliphatic heterocycles. The van der Waals surface area contributed by atoms with Crippen molar-refractivity contribution in [3.05, 3.63) is 0 Å². The smallest absolute Gasteiger partial charge is 0.407 e. The number of nitrogens with one attached hydrogen (secondary N) is 1. The standard InChI is InChI=1S/C16H30F2N2O2/c1-13(2,3)11(20-12(21)22-14(4,5)6)15(19)7-9-16(17,18)10-8-15/h11H,7-10,19H2,1-6H3,(H,20,21). The van der Waals surface area contributed by atoms with E-state index < -0.39 is 29.2 Å². The quantitative estimate of drug-likeness (QED) is 0.812. The van der Waals surface area contributed by atoms with Crippen LogP contribution < -0.4 is 11.1 Å². The zero-order valence-corrected chi connectivity index (χ0v) is 14.6. The highest BCUT2D eigenvalue weighted by Gasteiger charge is 2.49. The molecule has 1 saturated carbocycles. The van der Waals surface area contributed by atoms with E-state index in [-0.39, 0.29) is 31.1 Å². The van der Waals surface area contributed by atoms with Crippen molar-refractivity contribution >= 4 is 6.09 Å². The Morgan fingerprint density at radius 2 is 1.55 bits per heavy atom. The monoisotopic (exact) mass is 320 g/mol. The first-order valence-electron chi connectivity index (χ1n) is 7.81. The number of carbonyl (C=O) groups is 1. The molecule has 0 radical (unpaired) electrons. The van der Waals surface area contributed by atoms with E-state index in [0.29, 0.717) is 0 Å². The van der Waals surface area contributed by atoms with E-state index >= 15 is 0 Å². The van der Waals surface area contributed by atoms with E-state index in [9.17, 15) is 13.6 Å². The van der Waals surface area contributed by atoms with Crippen molar-refractivity contribution in [2.45, 2.75) is 90.3 Å². The number of rotatable bonds is 2. The Labute approximate surface area is 132 Å². The molecule has 1 unspecified atom stereocenters. The van der Waals surface area contributed by atoms with Crippen LogP contribution in [0.2, 0.25) is 0 Å². The van der Waals surface area contributed by atoms with Gasteiger partial charge >= 0.3 is 6.09 Å². The molecule has 22 heavy (non-hydrogen) atoms. The minimum absolute atomic E-state index is 0.178. The zero-order valence-electron chi connectivity index (χ0n) is 14.6. The van der Waals surface area contributed by atoms with Crippen LogP contribution in [-0.2, 0) is 4.74 Å². The molecular formula is C16H30F2N2O2. The lowest BCUT2D eigenvalue weighted by molar-refractivity contribution is -0.0616. The summed E-state index contributed by atoms with van der Waals surface area (Å²) in [5.41, 5.74) is 4.59. The van der Waals surface area contributed by atoms with E-state index in [1.165, 1.54) is 0 Å². The zero-order chi connectivity index (χ0) is 17.4. The van der Waals surface area contributed by atoms with E-state index in [1.807, 2.05) is 20.8 Å². The molecule has 0 saturated heterocycles. The van der Waals surface area contributed by atoms with Crippen molar-refractivity contribution in [2.75, 3.05) is 0 Å². The Bertz CT molecular complexity index is 401. The van der Waals surface area contributed by atoms with Gasteiger partial charge in [0.2, 0.25) is 5.92 Å². The van der Waals surface area contributed by atoms with Crippen LogP contribution >= 0.6 is 0 Å². The average molecular weight is 320 g/mol. The molecule has 1 amide bonds. The van der Waals surface area contributed by atoms with E-state index in [1.54, 1.807) is 20.8 Å². The molecule has 6 heteroatoms. The fourth-order valence-corrected chi connectivity index (χ4v) is 3.02. The predicted octanol–water partition coefficient (Wildman–Crippen LogP) is 3.83. The Balaban J connectivity index is 2.88. The summed E-state index contributed by atoms with van der Waals surface area (Å²) in [5, 5.41) is 2.82. The second kappa shape index (κ2) is 5.95. The molecule has 0 aromatic carbocycles. The fraction of sp³-hybridized carbons (Fsp3) is 0.938. The van der Waals surface area contributed by atoms with Gasteiger partial charge in [-0.2, -0.15) is 0 Å². The van der Waals surface area contributed by atoms with E-state index in [0.717, 1.165) is 0 Å². The summed E-state index contributed by atoms with van der Waals surface area (Å²) in [6, 6.07) is -0.439. The van der Waals surface area contributed by atoms with Gasteiger partial charge in [-0.05, 0) is 39.0 Å². The Hall–Kier alpha value is -0.910. The summed E-state index contributed by atoms with van der Waals surface area (Å²) in [6.45, 7) is 11.2. The third kappa shape index (κ3) is 5.38. The lowest BCUT2D eigenvalue weighted by atomic mass is 9.67. The number of halogens is 2. The lowest BCUT2D eigenvalue weighted by Gasteiger charge is -2.48. The van der Waals surface area contributed by atoms with Crippen LogP contribution in [0.3, 0.4) is 0 Å². The summed E-state index contributed by atoms with van der Waals surface area (Å²) in [6.07, 6.45) is -0.692. The molecule has 0 aromatic rings. The van der Waals surface area contributed by atoms with Crippen LogP contribution in [0.25, 0.3) is 0 Å². The second-order valence-electron chi connectivity index (χ2n) is 8.53. The molecule has 0 heterocycles. The SMILES string of the molecule is CC(C)(C)OC(=O)NC(C(C)(C)C)C1(N)CCC(F)(F)CC1. The third-order valence-electron chi connectivity index (χ3n) is 4.01. The Kier molecular flexibility index (Phi) is 5.17. The van der Waals surface area contributed by atoms with Crippen LogP contribution in [0, 0.1) is 5.41 Å². The topological polar surface area (TPSA) is 64.3 Å². The van der Waals surface area contributed by atoms with Crippen molar-refractivity contribution in [3.8, 4) is 0 Å². The van der Waals surface area contributed by atoms with Crippen LogP contribution in [0.4, 0.5) is 13.6 Å². The van der Waals surface area contributed by atoms with Crippen molar-refractivity contribution in [3.63, 3.8) is 0 Å². The van der Waals surface area contributed by atoms with Gasteiger partial charge in [0, 0.05) is 18.4 Å². The average Bonchev–Trinajstić information content (AvgIpc) is 2.27. The molecule has 4 nitrogen and oxygen atoms in total. The lowest BCUT2D eigenvalue weighted by Crippen LogP contribution is -2.65. The summed E-state index contributed by atoms with van der Waals surface area (Å²) in [7, 11) is 0. The first-order chi connectivity index (χ1) is 9.65. The molecule has 1 aliphatic carbocycles. The maximum Gasteiger partial charge on any atom is 0.407 e. The highest BCUT2D eigenvalue weighted by molar-refractivity contribution is 5.68. The summed E-state index contributed by atoms with van der Waals surface area (Å²) < 4.78 is 32.1. The number of ether oxygens (including phenoxy) is 1. The van der Waals surface area contributed by atoms with Crippen LogP contribution in [0.1, 0.15) is 67.2 Å². The van der Waals surface area contributed by atoms with Crippen LogP contribution in [-0.4, -0.2) is 29.2 Å². The first kappa shape index (κ1) is 19.1. The minimum atomic E-state index is -2.66. The molecule has 1 rings (SSSR count). The van der Waals surface area contributed by atoms with Gasteiger partial charge in [0.25, 0.3) is 0 Å². The highest BCUT2D eigenvalue weighted by atomic mass is 19.3. The maximum atomic E-state index is 13.4. The maximum absolute atomic E-state index is 13.4. The molecule has 1 fully saturated rings. The summed E-state index contributed by atoms with van der Waals surface area (Å²) in [5.74, 6) is -2.66. The van der Waals surface area contributed by atoms with Gasteiger partial charge in [-0.1, -0.05) is 20.8 Å². The van der Waals surface area contributed by atoms with Crippen molar-refractivity contribution in [1.29, 1.82) is 0 Å². The first-order valence-corrected chi connectivity index (χ1v) is 7.81. The number of amides is 1. The van der Waals surface area contributed by atoms with Crippen molar-refractivity contribution in [1.82, 2.24) is 5.32 Å². The molecule has 1 atom stereocenters. The Morgan fingerprint density at radius 3 is 1.91 bits per heavy atom. The van der Waals surface area contributed by atoms with Gasteiger partial charge in [-0.25, -0.2) is 13.6 Å². The van der Waals surface area contributed by atoms with Gasteiger partial charge in [-0.3, -0.25) is 0 Å². The molecule has 1 aliphatic rings. The number of alkyl carbamates (subject to hydrolysis) is 1. The van der Waals surface area contributed by atoms with Gasteiger partial charge in [0.1, 0.15) is 5.60 Å². The molecule has 0 bridgehead atoms.